The van der Waals surface area contributed by atoms with E-state index in [0.29, 0.717) is 18.8 Å². The van der Waals surface area contributed by atoms with Crippen LogP contribution in [0.2, 0.25) is 0 Å². The number of halogens is 1. The zero-order valence-electron chi connectivity index (χ0n) is 11.0. The summed E-state index contributed by atoms with van der Waals surface area (Å²) >= 11 is 3.32. The number of furan rings is 1. The molecule has 0 aliphatic rings. The maximum Gasteiger partial charge on any atom is 0.287 e. The standard InChI is InChI=1S/C13H16BrN3O3/c1-9(8-18)4-15-13(19)12-3-2-11(20-12)7-17-6-10(14)5-16-17/h2-3,5-6,9,18H,4,7-8H2,1H3,(H,15,19). The smallest absolute Gasteiger partial charge is 0.287 e. The lowest BCUT2D eigenvalue weighted by molar-refractivity contribution is 0.0912. The molecule has 2 heterocycles. The third-order valence-electron chi connectivity index (χ3n) is 2.73. The van der Waals surface area contributed by atoms with Crippen LogP contribution in [0.5, 0.6) is 0 Å². The zero-order valence-corrected chi connectivity index (χ0v) is 12.6. The molecule has 0 aliphatic heterocycles. The lowest BCUT2D eigenvalue weighted by Gasteiger charge is -2.07. The van der Waals surface area contributed by atoms with Gasteiger partial charge in [0.1, 0.15) is 5.76 Å². The van der Waals surface area contributed by atoms with Crippen LogP contribution in [-0.4, -0.2) is 33.9 Å². The van der Waals surface area contributed by atoms with Gasteiger partial charge < -0.3 is 14.8 Å². The van der Waals surface area contributed by atoms with E-state index in [2.05, 4.69) is 26.3 Å². The molecule has 0 saturated heterocycles. The number of hydrogen-bond acceptors (Lipinski definition) is 4. The van der Waals surface area contributed by atoms with Crippen LogP contribution in [0.15, 0.2) is 33.4 Å². The highest BCUT2D eigenvalue weighted by Crippen LogP contribution is 2.12. The molecule has 20 heavy (non-hydrogen) atoms. The minimum Gasteiger partial charge on any atom is -0.454 e. The van der Waals surface area contributed by atoms with Crippen LogP contribution in [0, 0.1) is 5.92 Å². The highest BCUT2D eigenvalue weighted by Gasteiger charge is 2.12. The molecule has 1 amide bonds. The van der Waals surface area contributed by atoms with Crippen molar-refractivity contribution in [3.63, 3.8) is 0 Å². The van der Waals surface area contributed by atoms with Crippen molar-refractivity contribution in [3.8, 4) is 0 Å². The summed E-state index contributed by atoms with van der Waals surface area (Å²) in [5.74, 6) is 0.658. The number of hydrogen-bond donors (Lipinski definition) is 2. The van der Waals surface area contributed by atoms with E-state index in [1.54, 1.807) is 23.0 Å². The fraction of sp³-hybridized carbons (Fsp3) is 0.385. The number of aliphatic hydroxyl groups excluding tert-OH is 1. The van der Waals surface area contributed by atoms with Crippen LogP contribution in [0.3, 0.4) is 0 Å². The summed E-state index contributed by atoms with van der Waals surface area (Å²) in [6.45, 7) is 2.77. The van der Waals surface area contributed by atoms with Crippen LogP contribution < -0.4 is 5.32 Å². The van der Waals surface area contributed by atoms with Crippen molar-refractivity contribution in [3.05, 3.63) is 40.5 Å². The summed E-state index contributed by atoms with van der Waals surface area (Å²) in [4.78, 5) is 11.8. The summed E-state index contributed by atoms with van der Waals surface area (Å²) in [5, 5.41) is 15.7. The highest BCUT2D eigenvalue weighted by atomic mass is 79.9. The molecule has 6 nitrogen and oxygen atoms in total. The molecule has 0 saturated carbocycles. The van der Waals surface area contributed by atoms with Crippen molar-refractivity contribution in [2.24, 2.45) is 5.92 Å². The average Bonchev–Trinajstić information content (AvgIpc) is 3.05. The number of nitrogens with one attached hydrogen (secondary N) is 1. The number of amides is 1. The second-order valence-electron chi connectivity index (χ2n) is 4.62. The van der Waals surface area contributed by atoms with E-state index in [4.69, 9.17) is 9.52 Å². The minimum atomic E-state index is -0.279. The second-order valence-corrected chi connectivity index (χ2v) is 5.54. The van der Waals surface area contributed by atoms with Gasteiger partial charge in [-0.3, -0.25) is 9.48 Å². The van der Waals surface area contributed by atoms with E-state index in [9.17, 15) is 4.79 Å². The average molecular weight is 342 g/mol. The lowest BCUT2D eigenvalue weighted by atomic mass is 10.2. The van der Waals surface area contributed by atoms with Crippen molar-refractivity contribution < 1.29 is 14.3 Å². The molecule has 1 atom stereocenters. The van der Waals surface area contributed by atoms with Gasteiger partial charge in [-0.1, -0.05) is 6.92 Å². The molecule has 0 spiro atoms. The molecule has 2 N–H and O–H groups in total. The first kappa shape index (κ1) is 14.8. The van der Waals surface area contributed by atoms with Gasteiger partial charge in [-0.05, 0) is 34.0 Å². The van der Waals surface area contributed by atoms with Crippen molar-refractivity contribution >= 4 is 21.8 Å². The van der Waals surface area contributed by atoms with E-state index in [1.165, 1.54) is 0 Å². The van der Waals surface area contributed by atoms with Crippen molar-refractivity contribution in [2.45, 2.75) is 13.5 Å². The molecule has 2 aromatic heterocycles. The summed E-state index contributed by atoms with van der Waals surface area (Å²) in [5.41, 5.74) is 0. The second kappa shape index (κ2) is 6.71. The topological polar surface area (TPSA) is 80.3 Å². The minimum absolute atomic E-state index is 0.0230. The van der Waals surface area contributed by atoms with Crippen molar-refractivity contribution in [2.75, 3.05) is 13.2 Å². The van der Waals surface area contributed by atoms with Crippen LogP contribution in [0.25, 0.3) is 0 Å². The Bertz CT molecular complexity index is 579. The first-order valence-electron chi connectivity index (χ1n) is 6.24. The van der Waals surface area contributed by atoms with Gasteiger partial charge in [0.15, 0.2) is 5.76 Å². The normalized spacial score (nSPS) is 12.3. The van der Waals surface area contributed by atoms with E-state index < -0.39 is 0 Å². The van der Waals surface area contributed by atoms with Crippen LogP contribution in [0.4, 0.5) is 0 Å². The Kier molecular flexibility index (Phi) is 4.97. The Hall–Kier alpha value is -1.60. The number of nitrogens with zero attached hydrogens (tertiary/aromatic N) is 2. The van der Waals surface area contributed by atoms with Gasteiger partial charge in [-0.2, -0.15) is 5.10 Å². The van der Waals surface area contributed by atoms with Crippen molar-refractivity contribution in [1.82, 2.24) is 15.1 Å². The number of rotatable bonds is 6. The Morgan fingerprint density at radius 1 is 1.60 bits per heavy atom. The van der Waals surface area contributed by atoms with Gasteiger partial charge >= 0.3 is 0 Å². The molecule has 2 aromatic rings. The summed E-state index contributed by atoms with van der Waals surface area (Å²) in [6.07, 6.45) is 3.51. The predicted octanol–water partition coefficient (Wildman–Crippen LogP) is 1.65. The van der Waals surface area contributed by atoms with Gasteiger partial charge in [-0.25, -0.2) is 0 Å². The largest absolute Gasteiger partial charge is 0.454 e. The quantitative estimate of drug-likeness (QED) is 0.837. The Labute approximate surface area is 124 Å². The first-order valence-corrected chi connectivity index (χ1v) is 7.03. The number of aromatic nitrogens is 2. The number of carbonyl (C=O) groups is 1. The monoisotopic (exact) mass is 341 g/mol. The molecule has 0 radical (unpaired) electrons. The molecular weight excluding hydrogens is 326 g/mol. The van der Waals surface area contributed by atoms with Gasteiger partial charge in [0, 0.05) is 19.3 Å². The Morgan fingerprint density at radius 3 is 3.05 bits per heavy atom. The summed E-state index contributed by atoms with van der Waals surface area (Å²) in [7, 11) is 0. The van der Waals surface area contributed by atoms with Crippen LogP contribution >= 0.6 is 15.9 Å². The first-order chi connectivity index (χ1) is 9.58. The maximum atomic E-state index is 11.8. The number of carbonyl (C=O) groups excluding carboxylic acids is 1. The molecular formula is C13H16BrN3O3. The van der Waals surface area contributed by atoms with E-state index in [-0.39, 0.29) is 24.2 Å². The van der Waals surface area contributed by atoms with Gasteiger partial charge in [0.05, 0.1) is 17.2 Å². The maximum absolute atomic E-state index is 11.8. The molecule has 2 rings (SSSR count). The molecule has 7 heteroatoms. The molecule has 0 bridgehead atoms. The SMILES string of the molecule is CC(CO)CNC(=O)c1ccc(Cn2cc(Br)cn2)o1. The van der Waals surface area contributed by atoms with E-state index in [0.717, 1.165) is 4.47 Å². The molecule has 0 fully saturated rings. The van der Waals surface area contributed by atoms with Gasteiger partial charge in [0.2, 0.25) is 0 Å². The summed E-state index contributed by atoms with van der Waals surface area (Å²) < 4.78 is 8.07. The summed E-state index contributed by atoms with van der Waals surface area (Å²) in [6, 6.07) is 3.38. The third kappa shape index (κ3) is 3.94. The fourth-order valence-electron chi connectivity index (χ4n) is 1.59. The Morgan fingerprint density at radius 2 is 2.40 bits per heavy atom. The van der Waals surface area contributed by atoms with Crippen LogP contribution in [0.1, 0.15) is 23.2 Å². The number of aliphatic hydroxyl groups is 1. The molecule has 0 aliphatic carbocycles. The van der Waals surface area contributed by atoms with Crippen LogP contribution in [-0.2, 0) is 6.54 Å². The third-order valence-corrected chi connectivity index (χ3v) is 3.14. The highest BCUT2D eigenvalue weighted by molar-refractivity contribution is 9.10. The van der Waals surface area contributed by atoms with E-state index >= 15 is 0 Å². The Balaban J connectivity index is 1.93. The lowest BCUT2D eigenvalue weighted by Crippen LogP contribution is -2.29. The van der Waals surface area contributed by atoms with Crippen molar-refractivity contribution in [1.29, 1.82) is 0 Å². The molecule has 0 aromatic carbocycles. The zero-order chi connectivity index (χ0) is 14.5. The van der Waals surface area contributed by atoms with Gasteiger partial charge in [-0.15, -0.1) is 0 Å². The predicted molar refractivity (Wildman–Crippen MR) is 76.3 cm³/mol. The fourth-order valence-corrected chi connectivity index (χ4v) is 1.92. The molecule has 1 unspecified atom stereocenters. The van der Waals surface area contributed by atoms with Gasteiger partial charge in [0.25, 0.3) is 5.91 Å². The molecule has 108 valence electrons. The van der Waals surface area contributed by atoms with E-state index in [1.807, 2.05) is 13.1 Å².